The minimum atomic E-state index is -0.833. The van der Waals surface area contributed by atoms with E-state index < -0.39 is 12.1 Å². The SMILES string of the molecule is CC/C=C\C/C=C\C/C=C\C/C=C\C/C=C\CC(=O)OC(COC(=O)CCCCCCCCCC/C=C\C/C=C\C/C=C\CCCCCCC)COC(=O)CCCCCCCCCCCC. The predicted octanol–water partition coefficient (Wildman–Crippen LogP) is 18.1. The van der Waals surface area contributed by atoms with Crippen molar-refractivity contribution in [1.82, 2.24) is 0 Å². The summed E-state index contributed by atoms with van der Waals surface area (Å²) in [6, 6.07) is 0. The fourth-order valence-corrected chi connectivity index (χ4v) is 7.29. The van der Waals surface area contributed by atoms with E-state index in [1.807, 2.05) is 6.08 Å². The monoisotopic (exact) mass is 917 g/mol. The largest absolute Gasteiger partial charge is 0.462 e. The first-order chi connectivity index (χ1) is 32.5. The first kappa shape index (κ1) is 62.3. The second-order valence-electron chi connectivity index (χ2n) is 17.8. The van der Waals surface area contributed by atoms with Gasteiger partial charge in [-0.1, -0.05) is 240 Å². The van der Waals surface area contributed by atoms with Crippen molar-refractivity contribution in [1.29, 1.82) is 0 Å². The van der Waals surface area contributed by atoms with E-state index in [9.17, 15) is 14.4 Å². The van der Waals surface area contributed by atoms with E-state index in [-0.39, 0.29) is 31.6 Å². The van der Waals surface area contributed by atoms with Gasteiger partial charge in [0.15, 0.2) is 6.10 Å². The lowest BCUT2D eigenvalue weighted by Gasteiger charge is -2.18. The molecule has 0 bridgehead atoms. The van der Waals surface area contributed by atoms with Crippen molar-refractivity contribution in [2.75, 3.05) is 13.2 Å². The lowest BCUT2D eigenvalue weighted by molar-refractivity contribution is -0.166. The minimum absolute atomic E-state index is 0.0945. The third-order valence-corrected chi connectivity index (χ3v) is 11.4. The topological polar surface area (TPSA) is 78.9 Å². The molecule has 0 aliphatic rings. The molecule has 1 unspecified atom stereocenters. The molecule has 6 heteroatoms. The van der Waals surface area contributed by atoms with Crippen LogP contribution >= 0.6 is 0 Å². The standard InChI is InChI=1S/C60H100O6/c1-4-7-10-13-16-19-22-24-26-27-28-29-30-31-32-33-35-36-38-41-44-47-50-53-59(62)65-56-57(55-64-58(61)52-49-46-43-40-21-18-15-12-9-6-3)66-60(63)54-51-48-45-42-39-37-34-25-23-20-17-14-11-8-5-2/h8,11,17,20,22,24-25,27-28,30-31,34,39,42,48,51,57H,4-7,9-10,12-16,18-19,21,23,26,29,32-33,35-38,40-41,43-47,49-50,52-56H2,1-3H3/b11-8-,20-17-,24-22-,28-27-,31-30-,34-25-,42-39-,51-48-. The molecule has 376 valence electrons. The summed E-state index contributed by atoms with van der Waals surface area (Å²) in [5.41, 5.74) is 0. The van der Waals surface area contributed by atoms with Gasteiger partial charge in [0.25, 0.3) is 0 Å². The highest BCUT2D eigenvalue weighted by molar-refractivity contribution is 5.72. The molecule has 0 saturated heterocycles. The van der Waals surface area contributed by atoms with Crippen molar-refractivity contribution in [3.05, 3.63) is 97.2 Å². The van der Waals surface area contributed by atoms with E-state index in [1.165, 1.54) is 116 Å². The molecule has 0 spiro atoms. The molecule has 0 rings (SSSR count). The molecule has 0 radical (unpaired) electrons. The number of ether oxygens (including phenoxy) is 3. The number of allylic oxidation sites excluding steroid dienone is 15. The Morgan fingerprint density at radius 1 is 0.333 bits per heavy atom. The van der Waals surface area contributed by atoms with Crippen LogP contribution in [0.2, 0.25) is 0 Å². The van der Waals surface area contributed by atoms with Crippen LogP contribution in [0.1, 0.15) is 245 Å². The smallest absolute Gasteiger partial charge is 0.310 e. The molecule has 6 nitrogen and oxygen atoms in total. The number of carbonyl (C=O) groups excluding carboxylic acids is 3. The van der Waals surface area contributed by atoms with Gasteiger partial charge in [-0.15, -0.1) is 0 Å². The molecule has 0 aliphatic heterocycles. The number of rotatable bonds is 48. The Morgan fingerprint density at radius 3 is 1.00 bits per heavy atom. The van der Waals surface area contributed by atoms with Gasteiger partial charge in [0.1, 0.15) is 13.2 Å². The van der Waals surface area contributed by atoms with Gasteiger partial charge in [-0.05, 0) is 83.5 Å². The number of hydrogen-bond acceptors (Lipinski definition) is 6. The average Bonchev–Trinajstić information content (AvgIpc) is 3.31. The van der Waals surface area contributed by atoms with E-state index in [0.29, 0.717) is 12.8 Å². The first-order valence-corrected chi connectivity index (χ1v) is 27.2. The highest BCUT2D eigenvalue weighted by Crippen LogP contribution is 2.14. The Balaban J connectivity index is 4.40. The Hall–Kier alpha value is -3.67. The summed E-state index contributed by atoms with van der Waals surface area (Å²) < 4.78 is 16.7. The van der Waals surface area contributed by atoms with Crippen molar-refractivity contribution in [2.45, 2.75) is 252 Å². The zero-order chi connectivity index (χ0) is 47.9. The van der Waals surface area contributed by atoms with E-state index in [2.05, 4.69) is 106 Å². The molecule has 0 aliphatic carbocycles. The summed E-state index contributed by atoms with van der Waals surface area (Å²) in [6.45, 7) is 6.41. The fourth-order valence-electron chi connectivity index (χ4n) is 7.29. The fraction of sp³-hybridized carbons (Fsp3) is 0.683. The first-order valence-electron chi connectivity index (χ1n) is 27.2. The van der Waals surface area contributed by atoms with Gasteiger partial charge >= 0.3 is 17.9 Å². The van der Waals surface area contributed by atoms with Gasteiger partial charge in [-0.2, -0.15) is 0 Å². The van der Waals surface area contributed by atoms with Crippen LogP contribution < -0.4 is 0 Å². The minimum Gasteiger partial charge on any atom is -0.462 e. The summed E-state index contributed by atoms with van der Waals surface area (Å²) in [7, 11) is 0. The van der Waals surface area contributed by atoms with Crippen LogP contribution in [0.3, 0.4) is 0 Å². The van der Waals surface area contributed by atoms with Gasteiger partial charge < -0.3 is 14.2 Å². The van der Waals surface area contributed by atoms with Crippen LogP contribution in [0.5, 0.6) is 0 Å². The molecule has 0 aromatic rings. The maximum absolute atomic E-state index is 12.7. The summed E-state index contributed by atoms with van der Waals surface area (Å²) >= 11 is 0. The number of esters is 3. The Bertz CT molecular complexity index is 1330. The van der Waals surface area contributed by atoms with E-state index >= 15 is 0 Å². The molecule has 0 N–H and O–H groups in total. The number of hydrogen-bond donors (Lipinski definition) is 0. The number of unbranched alkanes of at least 4 members (excludes halogenated alkanes) is 22. The van der Waals surface area contributed by atoms with Crippen molar-refractivity contribution in [3.63, 3.8) is 0 Å². The van der Waals surface area contributed by atoms with Crippen molar-refractivity contribution < 1.29 is 28.6 Å². The van der Waals surface area contributed by atoms with Crippen LogP contribution in [0, 0.1) is 0 Å². The van der Waals surface area contributed by atoms with Crippen LogP contribution in [0.25, 0.3) is 0 Å². The summed E-state index contributed by atoms with van der Waals surface area (Å²) in [4.78, 5) is 37.9. The van der Waals surface area contributed by atoms with Gasteiger partial charge in [0.05, 0.1) is 6.42 Å². The lowest BCUT2D eigenvalue weighted by Crippen LogP contribution is -2.30. The highest BCUT2D eigenvalue weighted by atomic mass is 16.6. The van der Waals surface area contributed by atoms with Crippen LogP contribution in [-0.4, -0.2) is 37.2 Å². The average molecular weight is 917 g/mol. The van der Waals surface area contributed by atoms with Crippen LogP contribution in [0.4, 0.5) is 0 Å². The molecule has 0 fully saturated rings. The second kappa shape index (κ2) is 53.9. The molecule has 0 aromatic heterocycles. The molecule has 0 aromatic carbocycles. The molecule has 66 heavy (non-hydrogen) atoms. The van der Waals surface area contributed by atoms with Crippen molar-refractivity contribution in [3.8, 4) is 0 Å². The zero-order valence-corrected chi connectivity index (χ0v) is 42.9. The summed E-state index contributed by atoms with van der Waals surface area (Å²) in [6.07, 6.45) is 71.4. The van der Waals surface area contributed by atoms with Crippen molar-refractivity contribution in [2.24, 2.45) is 0 Å². The Labute approximate surface area is 407 Å². The van der Waals surface area contributed by atoms with Gasteiger partial charge in [-0.25, -0.2) is 0 Å². The lowest BCUT2D eigenvalue weighted by atomic mass is 10.1. The normalized spacial score (nSPS) is 12.8. The highest BCUT2D eigenvalue weighted by Gasteiger charge is 2.19. The third kappa shape index (κ3) is 51.3. The molecular weight excluding hydrogens is 817 g/mol. The maximum atomic E-state index is 12.7. The molecule has 0 amide bonds. The van der Waals surface area contributed by atoms with E-state index in [4.69, 9.17) is 14.2 Å². The Kier molecular flexibility index (Phi) is 50.9. The van der Waals surface area contributed by atoms with Crippen molar-refractivity contribution >= 4 is 17.9 Å². The molecule has 1 atom stereocenters. The third-order valence-electron chi connectivity index (χ3n) is 11.4. The number of carbonyl (C=O) groups is 3. The quantitative estimate of drug-likeness (QED) is 0.0262. The van der Waals surface area contributed by atoms with E-state index in [0.717, 1.165) is 89.9 Å². The predicted molar refractivity (Wildman–Crippen MR) is 284 cm³/mol. The second-order valence-corrected chi connectivity index (χ2v) is 17.8. The van der Waals surface area contributed by atoms with E-state index in [1.54, 1.807) is 6.08 Å². The molecular formula is C60H100O6. The molecule has 0 heterocycles. The molecule has 0 saturated carbocycles. The Morgan fingerprint density at radius 2 is 0.636 bits per heavy atom. The van der Waals surface area contributed by atoms with Crippen LogP contribution in [0.15, 0.2) is 97.2 Å². The maximum Gasteiger partial charge on any atom is 0.310 e. The van der Waals surface area contributed by atoms with Gasteiger partial charge in [0.2, 0.25) is 0 Å². The van der Waals surface area contributed by atoms with Gasteiger partial charge in [0, 0.05) is 12.8 Å². The van der Waals surface area contributed by atoms with Crippen LogP contribution in [-0.2, 0) is 28.6 Å². The van der Waals surface area contributed by atoms with Gasteiger partial charge in [-0.3, -0.25) is 14.4 Å². The zero-order valence-electron chi connectivity index (χ0n) is 42.9. The summed E-state index contributed by atoms with van der Waals surface area (Å²) in [5, 5.41) is 0. The summed E-state index contributed by atoms with van der Waals surface area (Å²) in [5.74, 6) is -1.06.